The van der Waals surface area contributed by atoms with Gasteiger partial charge in [-0.25, -0.2) is 4.39 Å². The molecule has 0 spiro atoms. The maximum Gasteiger partial charge on any atom is 0.303 e. The smallest absolute Gasteiger partial charge is 0.303 e. The standard InChI is InChI=1S/C36H45FN2O3/c1-7-9-12-16-31(36(5,6)8-2)24-26(3)38-35(42)30-20-23-33(39-27(4)28-18-21-32(37)22-19-28)29(25-30)15-13-10-11-14-17-34(40)41/h7,9,12-13,15-16,18-26H,8,10-11,14,17H2,1-6H3,(H,38,42)(H,40,41)/b9-7-,15-13+,16-12-,31-24-,39-27?. The number of hydrogen-bond acceptors (Lipinski definition) is 3. The molecule has 42 heavy (non-hydrogen) atoms. The van der Waals surface area contributed by atoms with E-state index in [1.165, 1.54) is 12.1 Å². The van der Waals surface area contributed by atoms with Crippen LogP contribution in [0.15, 0.2) is 89.5 Å². The number of allylic oxidation sites excluding steroid dienone is 6. The van der Waals surface area contributed by atoms with Gasteiger partial charge in [0.05, 0.1) is 5.69 Å². The number of benzene rings is 2. The maximum absolute atomic E-state index is 13.4. The van der Waals surface area contributed by atoms with Crippen molar-refractivity contribution in [2.75, 3.05) is 0 Å². The summed E-state index contributed by atoms with van der Waals surface area (Å²) in [5.41, 5.74) is 4.61. The van der Waals surface area contributed by atoms with Crippen LogP contribution in [0.5, 0.6) is 0 Å². The highest BCUT2D eigenvalue weighted by atomic mass is 19.1. The second-order valence-corrected chi connectivity index (χ2v) is 11.0. The molecule has 1 atom stereocenters. The lowest BCUT2D eigenvalue weighted by Gasteiger charge is -2.26. The minimum atomic E-state index is -0.797. The summed E-state index contributed by atoms with van der Waals surface area (Å²) in [4.78, 5) is 28.9. The molecule has 1 unspecified atom stereocenters. The number of carbonyl (C=O) groups excluding carboxylic acids is 1. The molecule has 0 aromatic heterocycles. The third-order valence-electron chi connectivity index (χ3n) is 7.18. The summed E-state index contributed by atoms with van der Waals surface area (Å²) in [6, 6.07) is 11.4. The van der Waals surface area contributed by atoms with E-state index in [-0.39, 0.29) is 29.6 Å². The quantitative estimate of drug-likeness (QED) is 0.127. The van der Waals surface area contributed by atoms with Crippen LogP contribution in [0.1, 0.15) is 95.1 Å². The molecule has 0 radical (unpaired) electrons. The number of unbranched alkanes of at least 4 members (excludes halogenated alkanes) is 2. The van der Waals surface area contributed by atoms with E-state index in [4.69, 9.17) is 10.1 Å². The second-order valence-electron chi connectivity index (χ2n) is 11.0. The third kappa shape index (κ3) is 11.4. The van der Waals surface area contributed by atoms with E-state index in [9.17, 15) is 14.0 Å². The number of amides is 1. The summed E-state index contributed by atoms with van der Waals surface area (Å²) in [6.07, 6.45) is 17.3. The Balaban J connectivity index is 2.35. The summed E-state index contributed by atoms with van der Waals surface area (Å²) < 4.78 is 13.4. The maximum atomic E-state index is 13.4. The first kappa shape index (κ1) is 34.1. The zero-order valence-corrected chi connectivity index (χ0v) is 25.8. The Morgan fingerprint density at radius 1 is 1.07 bits per heavy atom. The van der Waals surface area contributed by atoms with E-state index in [0.29, 0.717) is 24.1 Å². The molecule has 224 valence electrons. The molecule has 0 aliphatic heterocycles. The molecule has 2 N–H and O–H groups in total. The summed E-state index contributed by atoms with van der Waals surface area (Å²) >= 11 is 0. The minimum absolute atomic E-state index is 0.0401. The number of aliphatic carboxylic acids is 1. The van der Waals surface area contributed by atoms with Crippen molar-refractivity contribution in [1.82, 2.24) is 5.32 Å². The van der Waals surface area contributed by atoms with Crippen molar-refractivity contribution in [3.63, 3.8) is 0 Å². The molecule has 2 aromatic rings. The van der Waals surface area contributed by atoms with Gasteiger partial charge >= 0.3 is 5.97 Å². The van der Waals surface area contributed by atoms with E-state index in [0.717, 1.165) is 35.3 Å². The number of hydrogen-bond donors (Lipinski definition) is 2. The summed E-state index contributed by atoms with van der Waals surface area (Å²) in [5, 5.41) is 12.0. The molecule has 0 saturated heterocycles. The van der Waals surface area contributed by atoms with Crippen molar-refractivity contribution in [2.24, 2.45) is 10.4 Å². The number of halogens is 1. The van der Waals surface area contributed by atoms with Gasteiger partial charge in [0.1, 0.15) is 5.82 Å². The molecule has 6 heteroatoms. The van der Waals surface area contributed by atoms with Gasteiger partial charge < -0.3 is 10.4 Å². The van der Waals surface area contributed by atoms with Crippen molar-refractivity contribution >= 4 is 29.4 Å². The van der Waals surface area contributed by atoms with E-state index in [2.05, 4.69) is 38.2 Å². The monoisotopic (exact) mass is 572 g/mol. The summed E-state index contributed by atoms with van der Waals surface area (Å²) in [6.45, 7) is 12.4. The number of aliphatic imine (C=N–C) groups is 1. The highest BCUT2D eigenvalue weighted by molar-refractivity contribution is 6.01. The molecule has 0 aliphatic rings. The first-order valence-electron chi connectivity index (χ1n) is 14.6. The van der Waals surface area contributed by atoms with E-state index in [1.807, 2.05) is 63.3 Å². The molecule has 1 amide bonds. The van der Waals surface area contributed by atoms with Crippen LogP contribution in [-0.4, -0.2) is 28.7 Å². The van der Waals surface area contributed by atoms with Gasteiger partial charge in [0.2, 0.25) is 0 Å². The molecule has 0 heterocycles. The topological polar surface area (TPSA) is 78.8 Å². The van der Waals surface area contributed by atoms with Gasteiger partial charge in [0.25, 0.3) is 5.91 Å². The average molecular weight is 573 g/mol. The van der Waals surface area contributed by atoms with Gasteiger partial charge in [-0.15, -0.1) is 0 Å². The van der Waals surface area contributed by atoms with Gasteiger partial charge in [-0.05, 0) is 93.3 Å². The Labute approximate surface area is 250 Å². The third-order valence-corrected chi connectivity index (χ3v) is 7.18. The van der Waals surface area contributed by atoms with Crippen molar-refractivity contribution in [1.29, 1.82) is 0 Å². The fourth-order valence-electron chi connectivity index (χ4n) is 4.20. The van der Waals surface area contributed by atoms with E-state index >= 15 is 0 Å². The predicted octanol–water partition coefficient (Wildman–Crippen LogP) is 9.24. The number of nitrogens with zero attached hydrogens (tertiary/aromatic N) is 1. The summed E-state index contributed by atoms with van der Waals surface area (Å²) in [7, 11) is 0. The van der Waals surface area contributed by atoms with Gasteiger partial charge in [-0.2, -0.15) is 0 Å². The van der Waals surface area contributed by atoms with E-state index in [1.54, 1.807) is 18.2 Å². The minimum Gasteiger partial charge on any atom is -0.481 e. The van der Waals surface area contributed by atoms with Gasteiger partial charge in [-0.3, -0.25) is 14.6 Å². The molecule has 5 nitrogen and oxygen atoms in total. The number of rotatable bonds is 15. The fourth-order valence-corrected chi connectivity index (χ4v) is 4.20. The molecule has 0 aliphatic carbocycles. The van der Waals surface area contributed by atoms with Crippen LogP contribution in [-0.2, 0) is 4.79 Å². The SMILES string of the molecule is C\C=C/C=C\C(=C\C(C)NC(=O)c1ccc(N=C(C)c2ccc(F)cc2)c(/C=C/CCCCC(=O)O)c1)C(C)(C)CC. The fraction of sp³-hybridized carbons (Fsp3) is 0.361. The van der Waals surface area contributed by atoms with Crippen LogP contribution in [0.4, 0.5) is 10.1 Å². The average Bonchev–Trinajstić information content (AvgIpc) is 2.95. The highest BCUT2D eigenvalue weighted by Crippen LogP contribution is 2.31. The van der Waals surface area contributed by atoms with Crippen molar-refractivity contribution < 1.29 is 19.1 Å². The molecule has 0 fully saturated rings. The largest absolute Gasteiger partial charge is 0.481 e. The van der Waals surface area contributed by atoms with E-state index < -0.39 is 5.97 Å². The number of carbonyl (C=O) groups is 2. The molecule has 2 aromatic carbocycles. The first-order valence-corrected chi connectivity index (χ1v) is 14.6. The van der Waals surface area contributed by atoms with Gasteiger partial charge in [0.15, 0.2) is 0 Å². The molecule has 0 bridgehead atoms. The van der Waals surface area contributed by atoms with Crippen LogP contribution in [0, 0.1) is 11.2 Å². The van der Waals surface area contributed by atoms with Crippen LogP contribution < -0.4 is 5.32 Å². The lowest BCUT2D eigenvalue weighted by atomic mass is 9.80. The zero-order chi connectivity index (χ0) is 31.1. The zero-order valence-electron chi connectivity index (χ0n) is 25.8. The number of carboxylic acid groups (broad SMARTS) is 1. The predicted molar refractivity (Wildman–Crippen MR) is 173 cm³/mol. The normalized spacial score (nSPS) is 13.8. The Bertz CT molecular complexity index is 1350. The Kier molecular flexibility index (Phi) is 13.8. The number of carboxylic acids is 1. The van der Waals surface area contributed by atoms with Crippen molar-refractivity contribution in [3.05, 3.63) is 107 Å². The van der Waals surface area contributed by atoms with Crippen LogP contribution in [0.3, 0.4) is 0 Å². The first-order chi connectivity index (χ1) is 20.0. The van der Waals surface area contributed by atoms with Crippen LogP contribution >= 0.6 is 0 Å². The molecule has 2 rings (SSSR count). The summed E-state index contributed by atoms with van der Waals surface area (Å²) in [5.74, 6) is -1.29. The second kappa shape index (κ2) is 17.0. The Morgan fingerprint density at radius 3 is 2.40 bits per heavy atom. The van der Waals surface area contributed by atoms with Crippen molar-refractivity contribution in [2.45, 2.75) is 79.7 Å². The van der Waals surface area contributed by atoms with Crippen LogP contribution in [0.2, 0.25) is 0 Å². The van der Waals surface area contributed by atoms with Gasteiger partial charge in [0, 0.05) is 29.3 Å². The molecule has 0 saturated carbocycles. The highest BCUT2D eigenvalue weighted by Gasteiger charge is 2.20. The lowest BCUT2D eigenvalue weighted by molar-refractivity contribution is -0.137. The van der Waals surface area contributed by atoms with Gasteiger partial charge in [-0.1, -0.05) is 75.4 Å². The Hall–Kier alpha value is -4.06. The molecular formula is C36H45FN2O3. The molecular weight excluding hydrogens is 527 g/mol. The lowest BCUT2D eigenvalue weighted by Crippen LogP contribution is -2.32. The number of nitrogens with one attached hydrogen (secondary N) is 1. The van der Waals surface area contributed by atoms with Crippen LogP contribution in [0.25, 0.3) is 6.08 Å². The van der Waals surface area contributed by atoms with Crippen molar-refractivity contribution in [3.8, 4) is 0 Å². The Morgan fingerprint density at radius 2 is 1.76 bits per heavy atom.